The van der Waals surface area contributed by atoms with Crippen molar-refractivity contribution in [3.8, 4) is 5.69 Å². The van der Waals surface area contributed by atoms with Crippen molar-refractivity contribution >= 4 is 17.9 Å². The van der Waals surface area contributed by atoms with Crippen LogP contribution in [0.25, 0.3) is 5.69 Å². The summed E-state index contributed by atoms with van der Waals surface area (Å²) in [6.07, 6.45) is 3.33. The number of aromatic amines is 1. The van der Waals surface area contributed by atoms with E-state index in [1.54, 1.807) is 29.8 Å². The summed E-state index contributed by atoms with van der Waals surface area (Å²) >= 11 is 0. The molecule has 10 nitrogen and oxygen atoms in total. The molecule has 0 saturated carbocycles. The molecule has 0 fully saturated rings. The molecule has 126 valence electrons. The van der Waals surface area contributed by atoms with Gasteiger partial charge >= 0.3 is 0 Å². The van der Waals surface area contributed by atoms with Crippen LogP contribution in [-0.2, 0) is 0 Å². The predicted molar refractivity (Wildman–Crippen MR) is 91.0 cm³/mol. The smallest absolute Gasteiger partial charge is 0.274 e. The summed E-state index contributed by atoms with van der Waals surface area (Å²) < 4.78 is 1.80. The fourth-order valence-corrected chi connectivity index (χ4v) is 2.07. The Morgan fingerprint density at radius 3 is 2.72 bits per heavy atom. The van der Waals surface area contributed by atoms with Crippen molar-refractivity contribution in [3.05, 3.63) is 74.5 Å². The number of non-ortho nitro benzene ring substituents is 1. The molecule has 2 heterocycles. The number of aryl methyl sites for hydroxylation is 1. The van der Waals surface area contributed by atoms with Crippen molar-refractivity contribution in [1.82, 2.24) is 19.7 Å². The number of H-pyrrole nitrogens is 1. The van der Waals surface area contributed by atoms with E-state index in [1.165, 1.54) is 18.3 Å². The highest BCUT2D eigenvalue weighted by Gasteiger charge is 2.06. The second kappa shape index (κ2) is 6.74. The number of rotatable bonds is 5. The Hall–Kier alpha value is -3.82. The summed E-state index contributed by atoms with van der Waals surface area (Å²) in [7, 11) is 0. The lowest BCUT2D eigenvalue weighted by Gasteiger charge is -2.05. The average Bonchev–Trinajstić information content (AvgIpc) is 3.06. The van der Waals surface area contributed by atoms with Crippen LogP contribution in [0, 0.1) is 17.0 Å². The third-order valence-electron chi connectivity index (χ3n) is 3.35. The number of nitro benzene ring substituents is 1. The van der Waals surface area contributed by atoms with Gasteiger partial charge in [0.2, 0.25) is 5.95 Å². The summed E-state index contributed by atoms with van der Waals surface area (Å²) in [4.78, 5) is 24.2. The first kappa shape index (κ1) is 16.1. The Balaban J connectivity index is 1.78. The van der Waals surface area contributed by atoms with Gasteiger partial charge < -0.3 is 4.57 Å². The molecule has 1 aromatic carbocycles. The molecule has 0 bridgehead atoms. The van der Waals surface area contributed by atoms with E-state index in [1.807, 2.05) is 12.1 Å². The molecular weight excluding hydrogens is 326 g/mol. The van der Waals surface area contributed by atoms with Crippen LogP contribution >= 0.6 is 0 Å². The first-order valence-electron chi connectivity index (χ1n) is 7.19. The predicted octanol–water partition coefficient (Wildman–Crippen LogP) is 1.62. The Morgan fingerprint density at radius 1 is 1.28 bits per heavy atom. The zero-order valence-electron chi connectivity index (χ0n) is 13.1. The quantitative estimate of drug-likeness (QED) is 0.412. The number of nitro groups is 1. The van der Waals surface area contributed by atoms with E-state index in [4.69, 9.17) is 0 Å². The SMILES string of the molecule is Cc1nnc(N/N=C\c2cccn2-c2ccc([N+](=O)[O-])cc2)[nH]c1=O. The van der Waals surface area contributed by atoms with Gasteiger partial charge in [0.05, 0.1) is 16.8 Å². The van der Waals surface area contributed by atoms with E-state index in [2.05, 4.69) is 25.7 Å². The van der Waals surface area contributed by atoms with E-state index >= 15 is 0 Å². The highest BCUT2D eigenvalue weighted by molar-refractivity contribution is 5.79. The second-order valence-electron chi connectivity index (χ2n) is 5.03. The molecule has 0 radical (unpaired) electrons. The summed E-state index contributed by atoms with van der Waals surface area (Å²) in [5.41, 5.74) is 4.01. The third-order valence-corrected chi connectivity index (χ3v) is 3.35. The van der Waals surface area contributed by atoms with Gasteiger partial charge in [-0.25, -0.2) is 5.43 Å². The van der Waals surface area contributed by atoms with Gasteiger partial charge in [-0.2, -0.15) is 5.10 Å². The van der Waals surface area contributed by atoms with Crippen molar-refractivity contribution in [2.75, 3.05) is 5.43 Å². The van der Waals surface area contributed by atoms with E-state index in [-0.39, 0.29) is 22.9 Å². The Morgan fingerprint density at radius 2 is 2.04 bits per heavy atom. The largest absolute Gasteiger partial charge is 0.316 e. The lowest BCUT2D eigenvalue weighted by Crippen LogP contribution is -2.15. The Bertz CT molecular complexity index is 989. The van der Waals surface area contributed by atoms with Crippen LogP contribution in [0.5, 0.6) is 0 Å². The van der Waals surface area contributed by atoms with Gasteiger partial charge in [0.1, 0.15) is 5.69 Å². The van der Waals surface area contributed by atoms with E-state index in [0.29, 0.717) is 0 Å². The molecule has 25 heavy (non-hydrogen) atoms. The van der Waals surface area contributed by atoms with E-state index in [9.17, 15) is 14.9 Å². The second-order valence-corrected chi connectivity index (χ2v) is 5.03. The number of hydrazone groups is 1. The Kier molecular flexibility index (Phi) is 4.33. The first-order chi connectivity index (χ1) is 12.0. The van der Waals surface area contributed by atoms with Gasteiger partial charge in [-0.05, 0) is 31.2 Å². The number of aromatic nitrogens is 4. The van der Waals surface area contributed by atoms with Crippen LogP contribution in [0.2, 0.25) is 0 Å². The standard InChI is InChI=1S/C15H13N7O3/c1-10-14(23)17-15(20-18-10)19-16-9-13-3-2-8-21(13)11-4-6-12(7-5-11)22(24)25/h2-9H,1H3,(H2,17,19,20,23)/b16-9-. The molecule has 0 aliphatic heterocycles. The van der Waals surface area contributed by atoms with Crippen LogP contribution in [-0.4, -0.2) is 30.9 Å². The number of benzene rings is 1. The average molecular weight is 339 g/mol. The fourth-order valence-electron chi connectivity index (χ4n) is 2.07. The van der Waals surface area contributed by atoms with E-state index in [0.717, 1.165) is 11.4 Å². The zero-order chi connectivity index (χ0) is 17.8. The van der Waals surface area contributed by atoms with Crippen LogP contribution < -0.4 is 11.0 Å². The lowest BCUT2D eigenvalue weighted by molar-refractivity contribution is -0.384. The van der Waals surface area contributed by atoms with Crippen LogP contribution in [0.1, 0.15) is 11.4 Å². The molecule has 0 amide bonds. The molecule has 0 atom stereocenters. The molecule has 3 rings (SSSR count). The Labute approximate surface area is 141 Å². The summed E-state index contributed by atoms with van der Waals surface area (Å²) in [6, 6.07) is 9.78. The van der Waals surface area contributed by atoms with Crippen molar-refractivity contribution in [2.45, 2.75) is 6.92 Å². The van der Waals surface area contributed by atoms with Crippen LogP contribution in [0.3, 0.4) is 0 Å². The number of nitrogens with zero attached hydrogens (tertiary/aromatic N) is 5. The first-order valence-corrected chi connectivity index (χ1v) is 7.19. The highest BCUT2D eigenvalue weighted by Crippen LogP contribution is 2.16. The maximum Gasteiger partial charge on any atom is 0.274 e. The molecule has 0 spiro atoms. The maximum atomic E-state index is 11.4. The third kappa shape index (κ3) is 3.58. The molecule has 0 aliphatic carbocycles. The molecular formula is C15H13N7O3. The van der Waals surface area contributed by atoms with Gasteiger partial charge in [0.25, 0.3) is 11.2 Å². The molecule has 0 unspecified atom stereocenters. The monoisotopic (exact) mass is 339 g/mol. The minimum absolute atomic E-state index is 0.0229. The topological polar surface area (TPSA) is 131 Å². The highest BCUT2D eigenvalue weighted by atomic mass is 16.6. The molecule has 0 saturated heterocycles. The van der Waals surface area contributed by atoms with Gasteiger partial charge in [0, 0.05) is 24.0 Å². The number of nitrogens with one attached hydrogen (secondary N) is 2. The summed E-state index contributed by atoms with van der Waals surface area (Å²) in [5.74, 6) is 0.125. The zero-order valence-corrected chi connectivity index (χ0v) is 13.1. The van der Waals surface area contributed by atoms with Crippen LogP contribution in [0.4, 0.5) is 11.6 Å². The fraction of sp³-hybridized carbons (Fsp3) is 0.0667. The van der Waals surface area contributed by atoms with Crippen molar-refractivity contribution in [3.63, 3.8) is 0 Å². The van der Waals surface area contributed by atoms with Crippen LogP contribution in [0.15, 0.2) is 52.5 Å². The molecule has 2 aromatic heterocycles. The normalized spacial score (nSPS) is 10.9. The van der Waals surface area contributed by atoms with E-state index < -0.39 is 4.92 Å². The van der Waals surface area contributed by atoms with Crippen molar-refractivity contribution in [1.29, 1.82) is 0 Å². The number of hydrogen-bond donors (Lipinski definition) is 2. The molecule has 2 N–H and O–H groups in total. The molecule has 3 aromatic rings. The summed E-state index contributed by atoms with van der Waals surface area (Å²) in [5, 5.41) is 22.2. The van der Waals surface area contributed by atoms with Gasteiger partial charge in [-0.3, -0.25) is 19.9 Å². The minimum Gasteiger partial charge on any atom is -0.316 e. The van der Waals surface area contributed by atoms with Crippen molar-refractivity contribution < 1.29 is 4.92 Å². The minimum atomic E-state index is -0.449. The van der Waals surface area contributed by atoms with Gasteiger partial charge in [-0.1, -0.05) is 0 Å². The van der Waals surface area contributed by atoms with Gasteiger partial charge in [0.15, 0.2) is 0 Å². The molecule has 0 aliphatic rings. The van der Waals surface area contributed by atoms with Crippen molar-refractivity contribution in [2.24, 2.45) is 5.10 Å². The number of anilines is 1. The van der Waals surface area contributed by atoms with Gasteiger partial charge in [-0.15, -0.1) is 10.2 Å². The maximum absolute atomic E-state index is 11.4. The lowest BCUT2D eigenvalue weighted by atomic mass is 10.3. The molecule has 10 heteroatoms. The number of hydrogen-bond acceptors (Lipinski definition) is 7. The summed E-state index contributed by atoms with van der Waals surface area (Å²) in [6.45, 7) is 1.55.